The molecule has 59 heavy (non-hydrogen) atoms. The van der Waals surface area contributed by atoms with E-state index in [0.717, 1.165) is 17.5 Å². The minimum Gasteiger partial charge on any atom is -0.435 e. The Morgan fingerprint density at radius 1 is 0.712 bits per heavy atom. The molecule has 4 aromatic rings. The summed E-state index contributed by atoms with van der Waals surface area (Å²) in [4.78, 5) is 38.2. The largest absolute Gasteiger partial charge is 0.435 e. The molecular weight excluding hydrogens is 773 g/mol. The first-order valence-electron chi connectivity index (χ1n) is 18.5. The van der Waals surface area contributed by atoms with Crippen molar-refractivity contribution in [1.82, 2.24) is 9.80 Å². The number of nitrogens with zero attached hydrogens (tertiary/aromatic N) is 4. The van der Waals surface area contributed by atoms with E-state index in [9.17, 15) is 27.2 Å². The van der Waals surface area contributed by atoms with Crippen molar-refractivity contribution in [2.75, 3.05) is 41.5 Å². The first kappa shape index (κ1) is 42.3. The number of benzene rings is 4. The monoisotopic (exact) mass is 816 g/mol. The average molecular weight is 817 g/mol. The van der Waals surface area contributed by atoms with E-state index in [0.29, 0.717) is 47.3 Å². The Hall–Kier alpha value is -6.26. The molecule has 3 aliphatic rings. The lowest BCUT2D eigenvalue weighted by Crippen LogP contribution is -2.41. The number of rotatable bonds is 14. The summed E-state index contributed by atoms with van der Waals surface area (Å²) in [5, 5.41) is 0. The Morgan fingerprint density at radius 2 is 1.20 bits per heavy atom. The van der Waals surface area contributed by atoms with Crippen molar-refractivity contribution in [3.63, 3.8) is 0 Å². The van der Waals surface area contributed by atoms with E-state index >= 15 is 0 Å². The summed E-state index contributed by atoms with van der Waals surface area (Å²) >= 11 is 0. The van der Waals surface area contributed by atoms with Crippen LogP contribution < -0.4 is 20.9 Å². The van der Waals surface area contributed by atoms with Crippen LogP contribution in [-0.2, 0) is 30.1 Å². The maximum Gasteiger partial charge on any atom is 0.387 e. The van der Waals surface area contributed by atoms with Gasteiger partial charge in [0.15, 0.2) is 23.0 Å². The number of carbonyl (C=O) groups is 2. The Balaban J connectivity index is 0.000000199. The van der Waals surface area contributed by atoms with Crippen LogP contribution >= 0.6 is 0 Å². The van der Waals surface area contributed by atoms with Crippen molar-refractivity contribution < 1.29 is 46.1 Å². The second kappa shape index (κ2) is 17.7. The van der Waals surface area contributed by atoms with Crippen LogP contribution in [0.4, 0.5) is 17.6 Å². The van der Waals surface area contributed by atoms with E-state index < -0.39 is 24.3 Å². The summed E-state index contributed by atoms with van der Waals surface area (Å²) in [7, 11) is 6.39. The van der Waals surface area contributed by atoms with Crippen molar-refractivity contribution >= 4 is 29.8 Å². The number of aliphatic imine (C=N–C) groups is 2. The van der Waals surface area contributed by atoms with E-state index in [1.807, 2.05) is 54.6 Å². The van der Waals surface area contributed by atoms with Crippen molar-refractivity contribution in [1.29, 1.82) is 0 Å². The van der Waals surface area contributed by atoms with Crippen LogP contribution in [0.1, 0.15) is 45.7 Å². The summed E-state index contributed by atoms with van der Waals surface area (Å²) in [6.45, 7) is -4.71. The quantitative estimate of drug-likeness (QED) is 0.146. The van der Waals surface area contributed by atoms with Crippen molar-refractivity contribution in [2.45, 2.75) is 36.6 Å². The zero-order valence-electron chi connectivity index (χ0n) is 32.7. The summed E-state index contributed by atoms with van der Waals surface area (Å²) < 4.78 is 69.0. The second-order valence-corrected chi connectivity index (χ2v) is 14.1. The van der Waals surface area contributed by atoms with Crippen LogP contribution in [0, 0.1) is 5.92 Å². The van der Waals surface area contributed by atoms with Gasteiger partial charge in [-0.15, -0.1) is 0 Å². The van der Waals surface area contributed by atoms with E-state index in [1.165, 1.54) is 34.1 Å². The molecule has 4 N–H and O–H groups in total. The van der Waals surface area contributed by atoms with Gasteiger partial charge in [0.1, 0.15) is 11.5 Å². The summed E-state index contributed by atoms with van der Waals surface area (Å²) in [5.74, 6) is 0.367. The number of amides is 2. The summed E-state index contributed by atoms with van der Waals surface area (Å²) in [6.07, 6.45) is 4.75. The molecule has 7 rings (SSSR count). The van der Waals surface area contributed by atoms with Crippen LogP contribution in [0.3, 0.4) is 0 Å². The SMILES string of the molecule is COC/C=C/c1cccc(C2(c3ccc(OC(F)F)cc3)N=C(N)N(C)C2=O)c1.COCC1CC1c1cccc(C2(c3ccc(OC(F)F)cc3)N=C(N)N(C)C2=O)c1. The maximum absolute atomic E-state index is 13.3. The Kier molecular flexibility index (Phi) is 12.7. The summed E-state index contributed by atoms with van der Waals surface area (Å²) in [5.41, 5.74) is 13.5. The van der Waals surface area contributed by atoms with E-state index in [4.69, 9.17) is 20.9 Å². The molecule has 2 aliphatic heterocycles. The lowest BCUT2D eigenvalue weighted by atomic mass is 9.82. The third kappa shape index (κ3) is 8.64. The van der Waals surface area contributed by atoms with Gasteiger partial charge in [-0.3, -0.25) is 19.4 Å². The van der Waals surface area contributed by atoms with Gasteiger partial charge in [-0.05, 0) is 82.0 Å². The predicted octanol–water partition coefficient (Wildman–Crippen LogP) is 6.05. The van der Waals surface area contributed by atoms with E-state index in [1.54, 1.807) is 58.6 Å². The fourth-order valence-electron chi connectivity index (χ4n) is 7.32. The Morgan fingerprint density at radius 3 is 1.64 bits per heavy atom. The lowest BCUT2D eigenvalue weighted by molar-refractivity contribution is -0.130. The molecule has 1 aliphatic carbocycles. The van der Waals surface area contributed by atoms with Crippen molar-refractivity contribution in [3.05, 3.63) is 137 Å². The molecule has 4 unspecified atom stereocenters. The first-order valence-corrected chi connectivity index (χ1v) is 18.5. The highest BCUT2D eigenvalue weighted by molar-refractivity contribution is 6.09. The second-order valence-electron chi connectivity index (χ2n) is 14.1. The summed E-state index contributed by atoms with van der Waals surface area (Å²) in [6, 6.07) is 26.9. The number of ether oxygens (including phenoxy) is 4. The van der Waals surface area contributed by atoms with Crippen molar-refractivity contribution in [3.8, 4) is 11.5 Å². The molecule has 1 fully saturated rings. The van der Waals surface area contributed by atoms with Crippen LogP contribution in [0.5, 0.6) is 11.5 Å². The third-order valence-electron chi connectivity index (χ3n) is 10.4. The van der Waals surface area contributed by atoms with Crippen LogP contribution in [0.2, 0.25) is 0 Å². The molecule has 310 valence electrons. The number of carbonyl (C=O) groups excluding carboxylic acids is 2. The van der Waals surface area contributed by atoms with Crippen LogP contribution in [0.15, 0.2) is 113 Å². The van der Waals surface area contributed by atoms with Gasteiger partial charge < -0.3 is 30.4 Å². The predicted molar refractivity (Wildman–Crippen MR) is 213 cm³/mol. The number of guanidine groups is 2. The van der Waals surface area contributed by atoms with Gasteiger partial charge >= 0.3 is 13.2 Å². The molecule has 4 atom stereocenters. The van der Waals surface area contributed by atoms with E-state index in [2.05, 4.69) is 19.5 Å². The minimum absolute atomic E-state index is 0.00814. The zero-order chi connectivity index (χ0) is 42.5. The highest BCUT2D eigenvalue weighted by Crippen LogP contribution is 2.49. The Bertz CT molecular complexity index is 2240. The normalized spacial score (nSPS) is 22.5. The smallest absolute Gasteiger partial charge is 0.387 e. The highest BCUT2D eigenvalue weighted by Gasteiger charge is 2.51. The molecular formula is C43H44F4N6O6. The number of hydrogen-bond acceptors (Lipinski definition) is 10. The van der Waals surface area contributed by atoms with Gasteiger partial charge in [0, 0.05) is 34.9 Å². The molecule has 16 heteroatoms. The molecule has 2 heterocycles. The number of halogens is 4. The molecule has 0 spiro atoms. The standard InChI is InChI=1S/C22H23F2N3O3.C21H21F2N3O3/c1-27-19(28)22(26-21(27)25,15-6-8-17(9-7-15)30-20(23)24)16-5-3-4-13(10-16)18-11-14(18)12-29-2;1-26-18(27)21(25-20(26)24,15-8-10-17(11-9-15)29-19(22)23)16-7-3-5-14(13-16)6-4-12-28-2/h3-10,14,18,20H,11-12H2,1-2H3,(H2,25,26);3-11,13,19H,12H2,1-2H3,(H2,24,25)/b;6-4+. The van der Waals surface area contributed by atoms with Gasteiger partial charge in [-0.2, -0.15) is 17.6 Å². The molecule has 1 saturated carbocycles. The lowest BCUT2D eigenvalue weighted by Gasteiger charge is -2.26. The third-order valence-corrected chi connectivity index (χ3v) is 10.4. The van der Waals surface area contributed by atoms with Gasteiger partial charge in [-0.25, -0.2) is 9.98 Å². The van der Waals surface area contributed by atoms with Gasteiger partial charge in [-0.1, -0.05) is 78.9 Å². The molecule has 12 nitrogen and oxygen atoms in total. The molecule has 0 saturated heterocycles. The van der Waals surface area contributed by atoms with Gasteiger partial charge in [0.25, 0.3) is 11.8 Å². The highest BCUT2D eigenvalue weighted by atomic mass is 19.3. The molecule has 0 bridgehead atoms. The number of hydrogen-bond donors (Lipinski definition) is 2. The molecule has 4 aromatic carbocycles. The molecule has 0 radical (unpaired) electrons. The molecule has 0 aromatic heterocycles. The fraction of sp³-hybridized carbons (Fsp3) is 0.302. The van der Waals surface area contributed by atoms with Gasteiger partial charge in [0.2, 0.25) is 0 Å². The van der Waals surface area contributed by atoms with Crippen LogP contribution in [0.25, 0.3) is 6.08 Å². The van der Waals surface area contributed by atoms with E-state index in [-0.39, 0.29) is 35.2 Å². The number of alkyl halides is 4. The van der Waals surface area contributed by atoms with Crippen molar-refractivity contribution in [2.24, 2.45) is 27.4 Å². The fourth-order valence-corrected chi connectivity index (χ4v) is 7.32. The Labute approximate surface area is 338 Å². The average Bonchev–Trinajstić information content (AvgIpc) is 3.91. The van der Waals surface area contributed by atoms with Crippen LogP contribution in [-0.4, -0.2) is 88.3 Å². The number of nitrogens with two attached hydrogens (primary N) is 2. The zero-order valence-corrected chi connectivity index (χ0v) is 32.7. The first-order chi connectivity index (χ1) is 28.2. The number of likely N-dealkylation sites (N-methyl/N-ethyl adjacent to an activating group) is 2. The number of methoxy groups -OCH3 is 2. The maximum atomic E-state index is 13.3. The molecule has 2 amide bonds. The van der Waals surface area contributed by atoms with Gasteiger partial charge in [0.05, 0.1) is 6.61 Å². The minimum atomic E-state index is -2.93. The topological polar surface area (TPSA) is 154 Å².